The van der Waals surface area contributed by atoms with Crippen molar-refractivity contribution >= 4 is 17.4 Å². The van der Waals surface area contributed by atoms with Crippen LogP contribution in [0, 0.1) is 11.8 Å². The maximum atomic E-state index is 12.0. The molecule has 1 saturated heterocycles. The fourth-order valence-electron chi connectivity index (χ4n) is 3.58. The van der Waals surface area contributed by atoms with Gasteiger partial charge in [0.25, 0.3) is 0 Å². The molecule has 0 radical (unpaired) electrons. The molecule has 3 heterocycles. The van der Waals surface area contributed by atoms with Gasteiger partial charge in [-0.2, -0.15) is 4.52 Å². The second-order valence-electron chi connectivity index (χ2n) is 6.75. The topological polar surface area (TPSA) is 75.4 Å². The molecule has 1 amide bonds. The Morgan fingerprint density at radius 1 is 1.22 bits per heavy atom. The Kier molecular flexibility index (Phi) is 3.85. The van der Waals surface area contributed by atoms with Gasteiger partial charge in [-0.1, -0.05) is 12.8 Å². The minimum atomic E-state index is 0.222. The molecule has 2 fully saturated rings. The molecule has 2 aromatic rings. The van der Waals surface area contributed by atoms with Gasteiger partial charge in [-0.25, -0.2) is 0 Å². The van der Waals surface area contributed by atoms with Crippen molar-refractivity contribution in [1.29, 1.82) is 0 Å². The number of carbonyl (C=O) groups excluding carboxylic acids is 1. The van der Waals surface area contributed by atoms with E-state index in [2.05, 4.69) is 25.5 Å². The lowest BCUT2D eigenvalue weighted by molar-refractivity contribution is -0.122. The predicted molar refractivity (Wildman–Crippen MR) is 86.1 cm³/mol. The van der Waals surface area contributed by atoms with E-state index in [0.29, 0.717) is 18.3 Å². The van der Waals surface area contributed by atoms with Crippen LogP contribution in [0.25, 0.3) is 5.65 Å². The third-order valence-corrected chi connectivity index (χ3v) is 4.97. The Bertz CT molecular complexity index is 687. The Labute approximate surface area is 135 Å². The highest BCUT2D eigenvalue weighted by atomic mass is 16.1. The number of carbonyl (C=O) groups is 1. The molecule has 1 aliphatic heterocycles. The molecule has 1 aliphatic carbocycles. The van der Waals surface area contributed by atoms with Crippen LogP contribution >= 0.6 is 0 Å². The summed E-state index contributed by atoms with van der Waals surface area (Å²) >= 11 is 0. The van der Waals surface area contributed by atoms with Gasteiger partial charge >= 0.3 is 0 Å². The molecule has 0 atom stereocenters. The zero-order valence-electron chi connectivity index (χ0n) is 13.2. The maximum Gasteiger partial charge on any atom is 0.220 e. The first-order valence-electron chi connectivity index (χ1n) is 8.46. The molecule has 0 unspecified atom stereocenters. The van der Waals surface area contributed by atoms with Gasteiger partial charge in [0, 0.05) is 32.0 Å². The summed E-state index contributed by atoms with van der Waals surface area (Å²) in [5, 5.41) is 15.4. The summed E-state index contributed by atoms with van der Waals surface area (Å²) in [6.07, 6.45) is 7.35. The molecule has 0 aromatic carbocycles. The van der Waals surface area contributed by atoms with Crippen LogP contribution < -0.4 is 10.2 Å². The Morgan fingerprint density at radius 3 is 2.87 bits per heavy atom. The molecule has 23 heavy (non-hydrogen) atoms. The van der Waals surface area contributed by atoms with Gasteiger partial charge in [0.05, 0.1) is 0 Å². The molecule has 2 aliphatic rings. The highest BCUT2D eigenvalue weighted by molar-refractivity contribution is 5.76. The van der Waals surface area contributed by atoms with E-state index in [1.165, 1.54) is 25.7 Å². The van der Waals surface area contributed by atoms with Crippen molar-refractivity contribution in [2.75, 3.05) is 24.5 Å². The second-order valence-corrected chi connectivity index (χ2v) is 6.75. The maximum absolute atomic E-state index is 12.0. The average molecular weight is 314 g/mol. The molecule has 2 aromatic heterocycles. The van der Waals surface area contributed by atoms with E-state index in [1.807, 2.05) is 12.1 Å². The largest absolute Gasteiger partial charge is 0.356 e. The molecule has 1 N–H and O–H groups in total. The molecule has 4 rings (SSSR count). The Hall–Kier alpha value is -2.18. The molecule has 7 nitrogen and oxygen atoms in total. The summed E-state index contributed by atoms with van der Waals surface area (Å²) in [5.41, 5.74) is 0.755. The number of nitrogens with one attached hydrogen (secondary N) is 1. The molecule has 122 valence electrons. The number of rotatable bonds is 5. The Balaban J connectivity index is 1.22. The van der Waals surface area contributed by atoms with Crippen LogP contribution in [0.2, 0.25) is 0 Å². The molecule has 7 heteroatoms. The molecular weight excluding hydrogens is 292 g/mol. The zero-order chi connectivity index (χ0) is 15.6. The number of aromatic nitrogens is 4. The van der Waals surface area contributed by atoms with E-state index in [-0.39, 0.29) is 5.91 Å². The third-order valence-electron chi connectivity index (χ3n) is 4.97. The predicted octanol–water partition coefficient (Wildman–Crippen LogP) is 1.26. The van der Waals surface area contributed by atoms with Crippen molar-refractivity contribution in [3.05, 3.63) is 18.5 Å². The van der Waals surface area contributed by atoms with Crippen molar-refractivity contribution in [1.82, 2.24) is 25.1 Å². The fourth-order valence-corrected chi connectivity index (χ4v) is 3.58. The van der Waals surface area contributed by atoms with Gasteiger partial charge in [-0.3, -0.25) is 4.79 Å². The lowest BCUT2D eigenvalue weighted by Gasteiger charge is -2.40. The highest BCUT2D eigenvalue weighted by Crippen LogP contribution is 2.27. The first-order valence-corrected chi connectivity index (χ1v) is 8.46. The molecule has 0 bridgehead atoms. The summed E-state index contributed by atoms with van der Waals surface area (Å²) in [6.45, 7) is 2.64. The fraction of sp³-hybridized carbons (Fsp3) is 0.625. The number of hydrogen-bond donors (Lipinski definition) is 1. The summed E-state index contributed by atoms with van der Waals surface area (Å²) in [6, 6.07) is 3.89. The van der Waals surface area contributed by atoms with Gasteiger partial charge in [-0.15, -0.1) is 15.3 Å². The zero-order valence-corrected chi connectivity index (χ0v) is 13.2. The molecular formula is C16H22N6O. The van der Waals surface area contributed by atoms with Crippen molar-refractivity contribution < 1.29 is 4.79 Å². The normalized spacial score (nSPS) is 19.2. The number of fused-ring (bicyclic) bond motifs is 1. The van der Waals surface area contributed by atoms with E-state index in [0.717, 1.165) is 31.1 Å². The van der Waals surface area contributed by atoms with Crippen LogP contribution in [0.5, 0.6) is 0 Å². The van der Waals surface area contributed by atoms with E-state index in [9.17, 15) is 4.79 Å². The standard InChI is InChI=1S/C16H22N6O/c23-16(7-12-3-1-2-4-12)17-8-13-9-21(10-13)15-6-5-14-19-18-11-22(14)20-15/h5-6,11-13H,1-4,7-10H2,(H,17,23). The summed E-state index contributed by atoms with van der Waals surface area (Å²) in [5.74, 6) is 2.29. The lowest BCUT2D eigenvalue weighted by atomic mass is 9.99. The van der Waals surface area contributed by atoms with Crippen LogP contribution in [0.15, 0.2) is 18.5 Å². The monoisotopic (exact) mass is 314 g/mol. The summed E-state index contributed by atoms with van der Waals surface area (Å²) in [7, 11) is 0. The van der Waals surface area contributed by atoms with Crippen LogP contribution in [-0.4, -0.2) is 45.4 Å². The average Bonchev–Trinajstić information content (AvgIpc) is 3.16. The lowest BCUT2D eigenvalue weighted by Crippen LogP contribution is -2.52. The molecule has 1 saturated carbocycles. The smallest absolute Gasteiger partial charge is 0.220 e. The van der Waals surface area contributed by atoms with Crippen LogP contribution in [0.4, 0.5) is 5.82 Å². The third kappa shape index (κ3) is 3.13. The van der Waals surface area contributed by atoms with Gasteiger partial charge < -0.3 is 10.2 Å². The van der Waals surface area contributed by atoms with Gasteiger partial charge in [0.2, 0.25) is 5.91 Å². The van der Waals surface area contributed by atoms with Crippen molar-refractivity contribution in [3.8, 4) is 0 Å². The van der Waals surface area contributed by atoms with E-state index < -0.39 is 0 Å². The SMILES string of the molecule is O=C(CC1CCCC1)NCC1CN(c2ccc3nncn3n2)C1. The molecule has 0 spiro atoms. The Morgan fingerprint density at radius 2 is 2.04 bits per heavy atom. The van der Waals surface area contributed by atoms with Crippen LogP contribution in [0.1, 0.15) is 32.1 Å². The van der Waals surface area contributed by atoms with E-state index >= 15 is 0 Å². The number of hydrogen-bond acceptors (Lipinski definition) is 5. The van der Waals surface area contributed by atoms with E-state index in [4.69, 9.17) is 0 Å². The van der Waals surface area contributed by atoms with Gasteiger partial charge in [0.15, 0.2) is 5.65 Å². The summed E-state index contributed by atoms with van der Waals surface area (Å²) < 4.78 is 1.69. The second kappa shape index (κ2) is 6.14. The van der Waals surface area contributed by atoms with Gasteiger partial charge in [0.1, 0.15) is 12.1 Å². The quantitative estimate of drug-likeness (QED) is 0.899. The van der Waals surface area contributed by atoms with Crippen LogP contribution in [0.3, 0.4) is 0 Å². The summed E-state index contributed by atoms with van der Waals surface area (Å²) in [4.78, 5) is 14.2. The minimum Gasteiger partial charge on any atom is -0.356 e. The number of nitrogens with zero attached hydrogens (tertiary/aromatic N) is 5. The first-order chi connectivity index (χ1) is 11.3. The first kappa shape index (κ1) is 14.4. The number of amides is 1. The number of anilines is 1. The van der Waals surface area contributed by atoms with Gasteiger partial charge in [-0.05, 0) is 30.9 Å². The highest BCUT2D eigenvalue weighted by Gasteiger charge is 2.28. The van der Waals surface area contributed by atoms with E-state index in [1.54, 1.807) is 10.8 Å². The van der Waals surface area contributed by atoms with Crippen molar-refractivity contribution in [2.45, 2.75) is 32.1 Å². The minimum absolute atomic E-state index is 0.222. The van der Waals surface area contributed by atoms with Crippen LogP contribution in [-0.2, 0) is 4.79 Å². The van der Waals surface area contributed by atoms with Crippen molar-refractivity contribution in [3.63, 3.8) is 0 Å². The van der Waals surface area contributed by atoms with Crippen molar-refractivity contribution in [2.24, 2.45) is 11.8 Å².